The van der Waals surface area contributed by atoms with Gasteiger partial charge in [-0.05, 0) is 48.4 Å². The number of carboxylic acid groups (broad SMARTS) is 1. The number of nitrogens with zero attached hydrogens (tertiary/aromatic N) is 1. The lowest BCUT2D eigenvalue weighted by Gasteiger charge is -2.28. The minimum atomic E-state index is -1.25. The van der Waals surface area contributed by atoms with Crippen molar-refractivity contribution in [3.8, 4) is 0 Å². The van der Waals surface area contributed by atoms with Crippen LogP contribution in [0.25, 0.3) is 21.8 Å². The second-order valence-corrected chi connectivity index (χ2v) is 12.0. The number of carbonyl (C=O) groups is 4. The maximum absolute atomic E-state index is 13.7. The number of hydrogen-bond donors (Lipinski definition) is 9. The highest BCUT2D eigenvalue weighted by molar-refractivity contribution is 5.95. The summed E-state index contributed by atoms with van der Waals surface area (Å²) in [5.74, 6) is -3.48. The lowest BCUT2D eigenvalue weighted by molar-refractivity contribution is -0.142. The van der Waals surface area contributed by atoms with Crippen LogP contribution in [0.4, 0.5) is 0 Å². The molecule has 2 aromatic heterocycles. The molecule has 0 aliphatic heterocycles. The number of carbonyl (C=O) groups excluding carboxylic acids is 3. The lowest BCUT2D eigenvalue weighted by atomic mass is 9.96. The molecule has 48 heavy (non-hydrogen) atoms. The van der Waals surface area contributed by atoms with Gasteiger partial charge in [0.25, 0.3) is 0 Å². The summed E-state index contributed by atoms with van der Waals surface area (Å²) in [6.07, 6.45) is 4.79. The second kappa shape index (κ2) is 16.5. The van der Waals surface area contributed by atoms with Crippen LogP contribution in [-0.2, 0) is 32.0 Å². The first-order chi connectivity index (χ1) is 23.0. The molecule has 4 aromatic rings. The number of H-pyrrole nitrogens is 2. The van der Waals surface area contributed by atoms with Gasteiger partial charge in [-0.25, -0.2) is 4.79 Å². The lowest BCUT2D eigenvalue weighted by Crippen LogP contribution is -2.59. The van der Waals surface area contributed by atoms with Crippen molar-refractivity contribution in [2.45, 2.75) is 70.1 Å². The van der Waals surface area contributed by atoms with Crippen LogP contribution < -0.4 is 33.2 Å². The van der Waals surface area contributed by atoms with Crippen molar-refractivity contribution in [2.24, 2.45) is 28.1 Å². The summed E-state index contributed by atoms with van der Waals surface area (Å²) in [5, 5.41) is 19.9. The van der Waals surface area contributed by atoms with Gasteiger partial charge in [-0.1, -0.05) is 56.7 Å². The van der Waals surface area contributed by atoms with Gasteiger partial charge in [0.05, 0.1) is 6.04 Å². The van der Waals surface area contributed by atoms with E-state index in [0.717, 1.165) is 32.9 Å². The van der Waals surface area contributed by atoms with Crippen molar-refractivity contribution < 1.29 is 24.3 Å². The Morgan fingerprint density at radius 2 is 1.38 bits per heavy atom. The Balaban J connectivity index is 1.47. The molecule has 0 aliphatic rings. The molecular formula is C34H45N9O5. The number of aromatic nitrogens is 2. The number of carboxylic acids is 1. The van der Waals surface area contributed by atoms with Crippen LogP contribution in [0.2, 0.25) is 0 Å². The van der Waals surface area contributed by atoms with E-state index < -0.39 is 47.9 Å². The highest BCUT2D eigenvalue weighted by Gasteiger charge is 2.33. The highest BCUT2D eigenvalue weighted by Crippen LogP contribution is 2.21. The quantitative estimate of drug-likeness (QED) is 0.0454. The fourth-order valence-electron chi connectivity index (χ4n) is 5.62. The van der Waals surface area contributed by atoms with E-state index in [4.69, 9.17) is 17.2 Å². The molecule has 0 radical (unpaired) electrons. The number of aliphatic carboxylic acids is 1. The molecule has 0 bridgehead atoms. The minimum absolute atomic E-state index is 0.0318. The zero-order valence-electron chi connectivity index (χ0n) is 27.2. The number of guanidine groups is 1. The van der Waals surface area contributed by atoms with Crippen molar-refractivity contribution in [2.75, 3.05) is 6.54 Å². The first-order valence-electron chi connectivity index (χ1n) is 16.0. The molecule has 14 nitrogen and oxygen atoms in total. The Labute approximate surface area is 278 Å². The molecule has 5 unspecified atom stereocenters. The molecule has 0 aliphatic carbocycles. The smallest absolute Gasteiger partial charge is 0.326 e. The van der Waals surface area contributed by atoms with Crippen LogP contribution in [-0.4, -0.2) is 75.4 Å². The first kappa shape index (κ1) is 35.5. The number of aromatic amines is 2. The van der Waals surface area contributed by atoms with Crippen molar-refractivity contribution in [3.63, 3.8) is 0 Å². The van der Waals surface area contributed by atoms with Gasteiger partial charge in [-0.15, -0.1) is 0 Å². The number of fused-ring (bicyclic) bond motifs is 2. The first-order valence-corrected chi connectivity index (χ1v) is 16.0. The number of para-hydroxylation sites is 2. The van der Waals surface area contributed by atoms with Gasteiger partial charge in [0, 0.05) is 47.2 Å². The number of nitrogens with two attached hydrogens (primary N) is 3. The third-order valence-electron chi connectivity index (χ3n) is 8.54. The maximum atomic E-state index is 13.7. The van der Waals surface area contributed by atoms with E-state index in [0.29, 0.717) is 12.8 Å². The maximum Gasteiger partial charge on any atom is 0.326 e. The van der Waals surface area contributed by atoms with Gasteiger partial charge >= 0.3 is 5.97 Å². The van der Waals surface area contributed by atoms with Crippen LogP contribution in [0, 0.1) is 5.92 Å². The summed E-state index contributed by atoms with van der Waals surface area (Å²) in [6.45, 7) is 3.85. The summed E-state index contributed by atoms with van der Waals surface area (Å²) in [7, 11) is 0. The number of rotatable bonds is 17. The van der Waals surface area contributed by atoms with Crippen molar-refractivity contribution in [3.05, 3.63) is 72.1 Å². The number of hydrogen-bond acceptors (Lipinski definition) is 6. The number of nitrogens with one attached hydrogen (secondary N) is 5. The van der Waals surface area contributed by atoms with E-state index in [1.54, 1.807) is 19.3 Å². The monoisotopic (exact) mass is 659 g/mol. The number of benzene rings is 2. The molecule has 0 fully saturated rings. The van der Waals surface area contributed by atoms with Gasteiger partial charge in [-0.2, -0.15) is 0 Å². The van der Waals surface area contributed by atoms with E-state index in [1.165, 1.54) is 0 Å². The van der Waals surface area contributed by atoms with Crippen LogP contribution in [0.3, 0.4) is 0 Å². The van der Waals surface area contributed by atoms with Gasteiger partial charge in [0.15, 0.2) is 5.96 Å². The highest BCUT2D eigenvalue weighted by atomic mass is 16.4. The Kier molecular flexibility index (Phi) is 12.2. The fourth-order valence-corrected chi connectivity index (χ4v) is 5.62. The van der Waals surface area contributed by atoms with E-state index in [1.807, 2.05) is 55.5 Å². The van der Waals surface area contributed by atoms with E-state index in [2.05, 4.69) is 30.9 Å². The summed E-state index contributed by atoms with van der Waals surface area (Å²) in [6, 6.07) is 10.8. The van der Waals surface area contributed by atoms with Crippen molar-refractivity contribution in [1.29, 1.82) is 0 Å². The molecule has 256 valence electrons. The number of amides is 3. The van der Waals surface area contributed by atoms with Gasteiger partial charge < -0.3 is 48.2 Å². The zero-order valence-corrected chi connectivity index (χ0v) is 27.2. The van der Waals surface area contributed by atoms with Crippen molar-refractivity contribution >= 4 is 51.5 Å². The molecule has 3 amide bonds. The molecule has 4 rings (SSSR count). The molecule has 0 saturated carbocycles. The van der Waals surface area contributed by atoms with Crippen LogP contribution in [0.1, 0.15) is 44.2 Å². The second-order valence-electron chi connectivity index (χ2n) is 12.0. The molecule has 5 atom stereocenters. The summed E-state index contributed by atoms with van der Waals surface area (Å²) < 4.78 is 0. The molecule has 0 saturated heterocycles. The predicted molar refractivity (Wildman–Crippen MR) is 185 cm³/mol. The molecule has 0 spiro atoms. The van der Waals surface area contributed by atoms with Gasteiger partial charge in [0.1, 0.15) is 18.1 Å². The molecule has 2 aromatic carbocycles. The standard InChI is InChI=1S/C34H45N9O5/c1-3-19(2)29(32(46)42-28(33(47)48)16-21-18-40-26-12-7-5-10-23(21)26)43-31(45)27(13-8-14-38-34(36)37)41-30(44)24(35)15-20-17-39-25-11-6-4-9-22(20)25/h4-7,9-12,17-19,24,27-29,39-40H,3,8,13-16,35H2,1-2H3,(H,41,44)(H,42,46)(H,43,45)(H,47,48)(H4,36,37,38). The normalized spacial score (nSPS) is 14.4. The van der Waals surface area contributed by atoms with Crippen LogP contribution in [0.5, 0.6) is 0 Å². The minimum Gasteiger partial charge on any atom is -0.480 e. The van der Waals surface area contributed by atoms with Gasteiger partial charge in [-0.3, -0.25) is 19.4 Å². The van der Waals surface area contributed by atoms with E-state index in [9.17, 15) is 24.3 Å². The molecular weight excluding hydrogens is 614 g/mol. The fraction of sp³-hybridized carbons (Fsp3) is 0.382. The van der Waals surface area contributed by atoms with E-state index >= 15 is 0 Å². The SMILES string of the molecule is CCC(C)C(NC(=O)C(CCCN=C(N)N)NC(=O)C(N)Cc1c[nH]c2ccccc12)C(=O)NC(Cc1c[nH]c2ccccc12)C(=O)O. The summed E-state index contributed by atoms with van der Waals surface area (Å²) in [5.41, 5.74) is 20.5. The largest absolute Gasteiger partial charge is 0.480 e. The van der Waals surface area contributed by atoms with Gasteiger partial charge in [0.2, 0.25) is 17.7 Å². The summed E-state index contributed by atoms with van der Waals surface area (Å²) >= 11 is 0. The van der Waals surface area contributed by atoms with Crippen molar-refractivity contribution in [1.82, 2.24) is 25.9 Å². The average Bonchev–Trinajstić information content (AvgIpc) is 3.67. The third-order valence-corrected chi connectivity index (χ3v) is 8.54. The Morgan fingerprint density at radius 3 is 1.94 bits per heavy atom. The Morgan fingerprint density at radius 1 is 0.812 bits per heavy atom. The Hall–Kier alpha value is -5.37. The number of aliphatic imine (C=N–C) groups is 1. The average molecular weight is 660 g/mol. The van der Waals surface area contributed by atoms with E-state index in [-0.39, 0.29) is 37.7 Å². The molecule has 12 N–H and O–H groups in total. The Bertz CT molecular complexity index is 1760. The summed E-state index contributed by atoms with van der Waals surface area (Å²) in [4.78, 5) is 63.1. The van der Waals surface area contributed by atoms with Crippen LogP contribution >= 0.6 is 0 Å². The molecule has 2 heterocycles. The topological polar surface area (TPSA) is 247 Å². The van der Waals surface area contributed by atoms with Crippen LogP contribution in [0.15, 0.2) is 65.9 Å². The zero-order chi connectivity index (χ0) is 34.8. The third kappa shape index (κ3) is 9.12. The molecule has 14 heteroatoms. The predicted octanol–water partition coefficient (Wildman–Crippen LogP) is 1.40.